The van der Waals surface area contributed by atoms with Crippen LogP contribution in [0.1, 0.15) is 42.7 Å². The molecular formula is C24H23NO3. The van der Waals surface area contributed by atoms with Gasteiger partial charge in [-0.05, 0) is 30.4 Å². The van der Waals surface area contributed by atoms with Gasteiger partial charge in [0, 0.05) is 29.3 Å². The number of hydrogen-bond acceptors (Lipinski definition) is 4. The zero-order chi connectivity index (χ0) is 19.7. The number of esters is 1. The first-order valence-electron chi connectivity index (χ1n) is 9.59. The normalized spacial score (nSPS) is 24.4. The zero-order valence-electron chi connectivity index (χ0n) is 16.1. The van der Waals surface area contributed by atoms with Gasteiger partial charge in [0.05, 0.1) is 7.11 Å². The highest BCUT2D eigenvalue weighted by Gasteiger charge is 2.44. The van der Waals surface area contributed by atoms with Crippen LogP contribution in [0, 0.1) is 5.92 Å². The number of hydrogen-bond donors (Lipinski definition) is 0. The number of ether oxygens (including phenoxy) is 1. The third kappa shape index (κ3) is 3.19. The Morgan fingerprint density at radius 3 is 2.18 bits per heavy atom. The number of benzene rings is 2. The Balaban J connectivity index is 1.81. The number of Topliss-reactive ketones (excluding diaryl/α,β-unsaturated/α-hetero) is 1. The van der Waals surface area contributed by atoms with Crippen molar-refractivity contribution < 1.29 is 14.3 Å². The minimum Gasteiger partial charge on any atom is -0.468 e. The van der Waals surface area contributed by atoms with Gasteiger partial charge in [0.25, 0.3) is 0 Å². The molecule has 142 valence electrons. The number of nitrogens with zero attached hydrogens (tertiary/aromatic N) is 1. The number of methoxy groups -OCH3 is 1. The van der Waals surface area contributed by atoms with Crippen LogP contribution in [0.4, 0.5) is 0 Å². The summed E-state index contributed by atoms with van der Waals surface area (Å²) >= 11 is 0. The average molecular weight is 373 g/mol. The number of rotatable bonds is 3. The molecule has 3 atom stereocenters. The average Bonchev–Trinajstić information content (AvgIpc) is 2.73. The molecule has 0 fully saturated rings. The lowest BCUT2D eigenvalue weighted by Crippen LogP contribution is -2.37. The molecular weight excluding hydrogens is 350 g/mol. The third-order valence-electron chi connectivity index (χ3n) is 5.77. The van der Waals surface area contributed by atoms with E-state index in [-0.39, 0.29) is 23.6 Å². The van der Waals surface area contributed by atoms with Crippen LogP contribution in [0.5, 0.6) is 0 Å². The van der Waals surface area contributed by atoms with Crippen LogP contribution < -0.4 is 0 Å². The summed E-state index contributed by atoms with van der Waals surface area (Å²) in [7, 11) is 1.38. The molecule has 4 nitrogen and oxygen atoms in total. The van der Waals surface area contributed by atoms with Crippen LogP contribution in [-0.4, -0.2) is 24.6 Å². The maximum atomic E-state index is 13.3. The van der Waals surface area contributed by atoms with Crippen molar-refractivity contribution in [3.8, 4) is 0 Å². The summed E-state index contributed by atoms with van der Waals surface area (Å²) in [6.07, 6.45) is 1.15. The summed E-state index contributed by atoms with van der Waals surface area (Å²) in [6.45, 7) is 1.86. The lowest BCUT2D eigenvalue weighted by Gasteiger charge is -2.36. The molecule has 0 N–H and O–H groups in total. The van der Waals surface area contributed by atoms with Crippen molar-refractivity contribution in [2.45, 2.75) is 31.6 Å². The summed E-state index contributed by atoms with van der Waals surface area (Å²) < 4.78 is 5.06. The molecule has 0 aromatic heterocycles. The van der Waals surface area contributed by atoms with Crippen LogP contribution in [-0.2, 0) is 14.3 Å². The van der Waals surface area contributed by atoms with Gasteiger partial charge in [0.1, 0.15) is 5.92 Å². The van der Waals surface area contributed by atoms with Crippen LogP contribution >= 0.6 is 0 Å². The fraction of sp³-hybridized carbons (Fsp3) is 0.292. The summed E-state index contributed by atoms with van der Waals surface area (Å²) in [4.78, 5) is 30.6. The van der Waals surface area contributed by atoms with Crippen LogP contribution in [0.2, 0.25) is 0 Å². The molecule has 0 amide bonds. The fourth-order valence-electron chi connectivity index (χ4n) is 4.47. The molecule has 4 heteroatoms. The number of aliphatic imine (C=N–C) groups is 1. The number of carbonyl (C=O) groups excluding carboxylic acids is 2. The standard InChI is InChI=1S/C24H23NO3/c1-15-21(24(27)28-2)22(17-11-7-4-8-12-17)23-19(25-15)13-18(14-20(23)26)16-9-5-3-6-10-16/h3-12,18,21-22H,13-14H2,1-2H3/t18-,21?,22-/m0/s1. The molecule has 0 saturated carbocycles. The van der Waals surface area contributed by atoms with E-state index in [1.165, 1.54) is 7.11 Å². The molecule has 0 radical (unpaired) electrons. The largest absolute Gasteiger partial charge is 0.468 e. The highest BCUT2D eigenvalue weighted by Crippen LogP contribution is 2.46. The maximum Gasteiger partial charge on any atom is 0.315 e. The van der Waals surface area contributed by atoms with Crippen molar-refractivity contribution in [1.29, 1.82) is 0 Å². The van der Waals surface area contributed by atoms with Crippen molar-refractivity contribution in [3.63, 3.8) is 0 Å². The molecule has 2 aliphatic rings. The highest BCUT2D eigenvalue weighted by atomic mass is 16.5. The first kappa shape index (κ1) is 18.4. The van der Waals surface area contributed by atoms with E-state index in [0.29, 0.717) is 24.1 Å². The summed E-state index contributed by atoms with van der Waals surface area (Å²) in [5, 5.41) is 0. The number of ketones is 1. The van der Waals surface area contributed by atoms with Crippen LogP contribution in [0.3, 0.4) is 0 Å². The number of carbonyl (C=O) groups is 2. The van der Waals surface area contributed by atoms with Gasteiger partial charge in [-0.3, -0.25) is 14.6 Å². The monoisotopic (exact) mass is 373 g/mol. The Labute approximate surface area is 164 Å². The van der Waals surface area contributed by atoms with Crippen molar-refractivity contribution in [2.75, 3.05) is 7.11 Å². The smallest absolute Gasteiger partial charge is 0.315 e. The molecule has 1 unspecified atom stereocenters. The molecule has 0 spiro atoms. The van der Waals surface area contributed by atoms with Crippen molar-refractivity contribution in [2.24, 2.45) is 10.9 Å². The fourth-order valence-corrected chi connectivity index (χ4v) is 4.47. The van der Waals surface area contributed by atoms with Crippen LogP contribution in [0.25, 0.3) is 0 Å². The molecule has 0 saturated heterocycles. The lowest BCUT2D eigenvalue weighted by atomic mass is 9.69. The van der Waals surface area contributed by atoms with E-state index in [2.05, 4.69) is 12.1 Å². The Morgan fingerprint density at radius 2 is 1.57 bits per heavy atom. The van der Waals surface area contributed by atoms with Crippen molar-refractivity contribution in [3.05, 3.63) is 83.1 Å². The predicted molar refractivity (Wildman–Crippen MR) is 108 cm³/mol. The van der Waals surface area contributed by atoms with Crippen molar-refractivity contribution in [1.82, 2.24) is 0 Å². The van der Waals surface area contributed by atoms with Gasteiger partial charge in [-0.1, -0.05) is 60.7 Å². The van der Waals surface area contributed by atoms with E-state index in [0.717, 1.165) is 16.8 Å². The van der Waals surface area contributed by atoms with E-state index in [4.69, 9.17) is 9.73 Å². The summed E-state index contributed by atoms with van der Waals surface area (Å²) in [5.74, 6) is -1.06. The van der Waals surface area contributed by atoms with Gasteiger partial charge < -0.3 is 4.74 Å². The van der Waals surface area contributed by atoms with Gasteiger partial charge in [-0.2, -0.15) is 0 Å². The van der Waals surface area contributed by atoms with Gasteiger partial charge >= 0.3 is 5.97 Å². The zero-order valence-corrected chi connectivity index (χ0v) is 16.1. The molecule has 0 bridgehead atoms. The topological polar surface area (TPSA) is 55.7 Å². The first-order chi connectivity index (χ1) is 13.6. The quantitative estimate of drug-likeness (QED) is 0.748. The molecule has 1 heterocycles. The van der Waals surface area contributed by atoms with E-state index < -0.39 is 5.92 Å². The molecule has 1 aliphatic heterocycles. The van der Waals surface area contributed by atoms with E-state index >= 15 is 0 Å². The second kappa shape index (κ2) is 7.55. The van der Waals surface area contributed by atoms with Gasteiger partial charge in [-0.15, -0.1) is 0 Å². The molecule has 4 rings (SSSR count). The highest BCUT2D eigenvalue weighted by molar-refractivity contribution is 6.09. The van der Waals surface area contributed by atoms with Gasteiger partial charge in [0.2, 0.25) is 0 Å². The third-order valence-corrected chi connectivity index (χ3v) is 5.77. The van der Waals surface area contributed by atoms with Crippen molar-refractivity contribution >= 4 is 17.5 Å². The van der Waals surface area contributed by atoms with Crippen LogP contribution in [0.15, 0.2) is 76.9 Å². The predicted octanol–water partition coefficient (Wildman–Crippen LogP) is 4.43. The van der Waals surface area contributed by atoms with E-state index in [9.17, 15) is 9.59 Å². The lowest BCUT2D eigenvalue weighted by molar-refractivity contribution is -0.143. The Hall–Kier alpha value is -3.01. The molecule has 2 aromatic rings. The molecule has 2 aromatic carbocycles. The Kier molecular flexibility index (Phi) is 4.95. The van der Waals surface area contributed by atoms with E-state index in [1.54, 1.807) is 0 Å². The van der Waals surface area contributed by atoms with E-state index in [1.807, 2.05) is 55.5 Å². The minimum absolute atomic E-state index is 0.0779. The molecule has 1 aliphatic carbocycles. The second-order valence-electron chi connectivity index (χ2n) is 7.44. The van der Waals surface area contributed by atoms with Gasteiger partial charge in [-0.25, -0.2) is 0 Å². The Bertz CT molecular complexity index is 960. The van der Waals surface area contributed by atoms with Gasteiger partial charge in [0.15, 0.2) is 5.78 Å². The number of allylic oxidation sites excluding steroid dienone is 2. The molecule has 28 heavy (non-hydrogen) atoms. The maximum absolute atomic E-state index is 13.3. The minimum atomic E-state index is -0.566. The second-order valence-corrected chi connectivity index (χ2v) is 7.44. The summed E-state index contributed by atoms with van der Waals surface area (Å²) in [6, 6.07) is 19.9. The summed E-state index contributed by atoms with van der Waals surface area (Å²) in [5.41, 5.74) is 4.31. The first-order valence-corrected chi connectivity index (χ1v) is 9.59. The SMILES string of the molecule is COC(=O)C1C(C)=NC2=C(C(=O)C[C@@H](c3ccccc3)C2)[C@H]1c1ccccc1. The Morgan fingerprint density at radius 1 is 0.964 bits per heavy atom.